The topological polar surface area (TPSA) is 37.4 Å². The summed E-state index contributed by atoms with van der Waals surface area (Å²) in [7, 11) is 0. The number of pyridine rings is 1. The lowest BCUT2D eigenvalue weighted by atomic mass is 9.71. The van der Waals surface area contributed by atoms with E-state index in [1.54, 1.807) is 0 Å². The molecule has 1 spiro atoms. The molecule has 2 saturated heterocycles. The zero-order chi connectivity index (χ0) is 16.4. The average molecular weight is 329 g/mol. The van der Waals surface area contributed by atoms with Gasteiger partial charge in [-0.15, -0.1) is 0 Å². The Morgan fingerprint density at radius 1 is 1.25 bits per heavy atom. The first-order valence-corrected chi connectivity index (χ1v) is 9.67. The molecule has 1 N–H and O–H groups in total. The third kappa shape index (κ3) is 3.81. The van der Waals surface area contributed by atoms with Gasteiger partial charge in [0.2, 0.25) is 0 Å². The van der Waals surface area contributed by atoms with Crippen LogP contribution in [0.25, 0.3) is 0 Å². The summed E-state index contributed by atoms with van der Waals surface area (Å²) in [5.74, 6) is 1.55. The van der Waals surface area contributed by atoms with Crippen LogP contribution < -0.4 is 5.32 Å². The van der Waals surface area contributed by atoms with Gasteiger partial charge in [0.15, 0.2) is 0 Å². The summed E-state index contributed by atoms with van der Waals surface area (Å²) >= 11 is 0. The fourth-order valence-corrected chi connectivity index (χ4v) is 4.56. The van der Waals surface area contributed by atoms with E-state index in [2.05, 4.69) is 35.3 Å². The molecule has 0 bridgehead atoms. The number of nitrogens with zero attached hydrogens (tertiary/aromatic N) is 2. The van der Waals surface area contributed by atoms with Crippen LogP contribution in [0.4, 0.5) is 0 Å². The van der Waals surface area contributed by atoms with Crippen molar-refractivity contribution in [1.29, 1.82) is 0 Å². The predicted molar refractivity (Wildman–Crippen MR) is 95.8 cm³/mol. The SMILES string of the molecule is Cc1cccc(CN2C[C@H](COCC3CC3)C3(CCNCC3)C2)n1. The van der Waals surface area contributed by atoms with Crippen molar-refractivity contribution in [2.75, 3.05) is 39.4 Å². The Kier molecular flexibility index (Phi) is 4.88. The molecule has 1 saturated carbocycles. The Hall–Kier alpha value is -0.970. The fraction of sp³-hybridized carbons (Fsp3) is 0.750. The molecule has 0 unspecified atom stereocenters. The van der Waals surface area contributed by atoms with Gasteiger partial charge in [0, 0.05) is 37.9 Å². The Morgan fingerprint density at radius 2 is 2.08 bits per heavy atom. The smallest absolute Gasteiger partial charge is 0.0547 e. The predicted octanol–water partition coefficient (Wildman–Crippen LogP) is 2.62. The van der Waals surface area contributed by atoms with E-state index in [1.807, 2.05) is 0 Å². The van der Waals surface area contributed by atoms with Gasteiger partial charge in [-0.05, 0) is 69.2 Å². The van der Waals surface area contributed by atoms with Gasteiger partial charge < -0.3 is 10.1 Å². The number of aryl methyl sites for hydroxylation is 1. The van der Waals surface area contributed by atoms with Gasteiger partial charge >= 0.3 is 0 Å². The van der Waals surface area contributed by atoms with E-state index in [0.29, 0.717) is 11.3 Å². The third-order valence-electron chi connectivity index (χ3n) is 6.18. The zero-order valence-corrected chi connectivity index (χ0v) is 15.0. The summed E-state index contributed by atoms with van der Waals surface area (Å²) in [5, 5.41) is 3.54. The molecule has 4 nitrogen and oxygen atoms in total. The maximum atomic E-state index is 6.12. The lowest BCUT2D eigenvalue weighted by Crippen LogP contribution is -2.43. The first kappa shape index (κ1) is 16.5. The minimum atomic E-state index is 0.457. The van der Waals surface area contributed by atoms with Crippen LogP contribution in [0.3, 0.4) is 0 Å². The quantitative estimate of drug-likeness (QED) is 0.870. The number of rotatable bonds is 6. The normalized spacial score (nSPS) is 27.0. The van der Waals surface area contributed by atoms with Crippen molar-refractivity contribution in [2.45, 2.75) is 39.2 Å². The van der Waals surface area contributed by atoms with Crippen LogP contribution in [-0.4, -0.2) is 49.3 Å². The summed E-state index contributed by atoms with van der Waals surface area (Å²) in [6, 6.07) is 6.37. The van der Waals surface area contributed by atoms with Crippen molar-refractivity contribution >= 4 is 0 Å². The van der Waals surface area contributed by atoms with E-state index in [1.165, 1.54) is 44.5 Å². The second-order valence-electron chi connectivity index (χ2n) is 8.23. The molecule has 1 aliphatic carbocycles. The van der Waals surface area contributed by atoms with Gasteiger partial charge in [0.1, 0.15) is 0 Å². The highest BCUT2D eigenvalue weighted by molar-refractivity contribution is 5.11. The highest BCUT2D eigenvalue weighted by Crippen LogP contribution is 2.44. The van der Waals surface area contributed by atoms with Crippen LogP contribution in [0.2, 0.25) is 0 Å². The fourth-order valence-electron chi connectivity index (χ4n) is 4.56. The van der Waals surface area contributed by atoms with E-state index >= 15 is 0 Å². The van der Waals surface area contributed by atoms with Crippen molar-refractivity contribution in [3.05, 3.63) is 29.6 Å². The number of nitrogens with one attached hydrogen (secondary N) is 1. The van der Waals surface area contributed by atoms with Crippen molar-refractivity contribution < 1.29 is 4.74 Å². The van der Waals surface area contributed by atoms with Crippen LogP contribution in [0.15, 0.2) is 18.2 Å². The molecule has 24 heavy (non-hydrogen) atoms. The van der Waals surface area contributed by atoms with E-state index in [9.17, 15) is 0 Å². The summed E-state index contributed by atoms with van der Waals surface area (Å²) < 4.78 is 6.12. The number of hydrogen-bond donors (Lipinski definition) is 1. The standard InChI is InChI=1S/C20H31N3O/c1-16-3-2-4-19(22-16)12-23-11-18(14-24-13-17-5-6-17)20(15-23)7-9-21-10-8-20/h2-4,17-18,21H,5-15H2,1H3/t18-/m1/s1. The summed E-state index contributed by atoms with van der Waals surface area (Å²) in [6.45, 7) is 9.71. The van der Waals surface area contributed by atoms with Gasteiger partial charge in [-0.3, -0.25) is 9.88 Å². The van der Waals surface area contributed by atoms with E-state index in [0.717, 1.165) is 44.5 Å². The molecule has 4 rings (SSSR count). The molecule has 0 amide bonds. The number of piperidine rings is 1. The highest BCUT2D eigenvalue weighted by Gasteiger charge is 2.46. The lowest BCUT2D eigenvalue weighted by molar-refractivity contribution is 0.0400. The minimum absolute atomic E-state index is 0.457. The largest absolute Gasteiger partial charge is 0.381 e. The van der Waals surface area contributed by atoms with Crippen molar-refractivity contribution in [2.24, 2.45) is 17.3 Å². The van der Waals surface area contributed by atoms with Crippen LogP contribution >= 0.6 is 0 Å². The van der Waals surface area contributed by atoms with Crippen LogP contribution in [-0.2, 0) is 11.3 Å². The first-order chi connectivity index (χ1) is 11.7. The molecule has 0 radical (unpaired) electrons. The summed E-state index contributed by atoms with van der Waals surface area (Å²) in [4.78, 5) is 7.33. The molecule has 4 heteroatoms. The number of likely N-dealkylation sites (tertiary alicyclic amines) is 1. The molecule has 132 valence electrons. The third-order valence-corrected chi connectivity index (χ3v) is 6.18. The Labute approximate surface area is 146 Å². The first-order valence-electron chi connectivity index (χ1n) is 9.67. The number of hydrogen-bond acceptors (Lipinski definition) is 4. The zero-order valence-electron chi connectivity index (χ0n) is 15.0. The second kappa shape index (κ2) is 7.11. The van der Waals surface area contributed by atoms with Crippen molar-refractivity contribution in [3.63, 3.8) is 0 Å². The van der Waals surface area contributed by atoms with Crippen LogP contribution in [0.1, 0.15) is 37.1 Å². The minimum Gasteiger partial charge on any atom is -0.381 e. The summed E-state index contributed by atoms with van der Waals surface area (Å²) in [6.07, 6.45) is 5.35. The molecule has 1 aromatic rings. The van der Waals surface area contributed by atoms with Crippen molar-refractivity contribution in [1.82, 2.24) is 15.2 Å². The molecule has 3 fully saturated rings. The average Bonchev–Trinajstić information content (AvgIpc) is 3.33. The van der Waals surface area contributed by atoms with Crippen LogP contribution in [0.5, 0.6) is 0 Å². The maximum Gasteiger partial charge on any atom is 0.0547 e. The lowest BCUT2D eigenvalue weighted by Gasteiger charge is -2.38. The Balaban J connectivity index is 1.40. The molecule has 3 heterocycles. The Morgan fingerprint density at radius 3 is 2.83 bits per heavy atom. The molecule has 1 atom stereocenters. The molecule has 2 aliphatic heterocycles. The molecular formula is C20H31N3O. The Bertz CT molecular complexity index is 552. The molecular weight excluding hydrogens is 298 g/mol. The maximum absolute atomic E-state index is 6.12. The van der Waals surface area contributed by atoms with Gasteiger partial charge in [-0.1, -0.05) is 6.07 Å². The molecule has 0 aromatic carbocycles. The van der Waals surface area contributed by atoms with E-state index < -0.39 is 0 Å². The number of aromatic nitrogens is 1. The van der Waals surface area contributed by atoms with Gasteiger partial charge in [0.25, 0.3) is 0 Å². The second-order valence-corrected chi connectivity index (χ2v) is 8.23. The van der Waals surface area contributed by atoms with E-state index in [4.69, 9.17) is 9.72 Å². The molecule has 3 aliphatic rings. The van der Waals surface area contributed by atoms with Gasteiger partial charge in [-0.25, -0.2) is 0 Å². The molecule has 1 aromatic heterocycles. The highest BCUT2D eigenvalue weighted by atomic mass is 16.5. The van der Waals surface area contributed by atoms with Gasteiger partial charge in [-0.2, -0.15) is 0 Å². The number of ether oxygens (including phenoxy) is 1. The van der Waals surface area contributed by atoms with Crippen LogP contribution in [0, 0.1) is 24.2 Å². The van der Waals surface area contributed by atoms with E-state index in [-0.39, 0.29) is 0 Å². The van der Waals surface area contributed by atoms with Crippen molar-refractivity contribution in [3.8, 4) is 0 Å². The summed E-state index contributed by atoms with van der Waals surface area (Å²) in [5.41, 5.74) is 2.78. The monoisotopic (exact) mass is 329 g/mol. The van der Waals surface area contributed by atoms with Gasteiger partial charge in [0.05, 0.1) is 12.3 Å².